The standard InChI is InChI=1S/C16H13F3O3/c1-9(10(2)20)15(13-7-8-14(21)22-13)11-3-5-12(6-4-11)16(17,18)19/h3-8,13,15H,1H2,2H3/t13-,15-/m0/s1. The van der Waals surface area contributed by atoms with E-state index in [1.54, 1.807) is 0 Å². The van der Waals surface area contributed by atoms with Crippen LogP contribution in [0.4, 0.5) is 13.2 Å². The third-order valence-corrected chi connectivity index (χ3v) is 3.43. The Labute approximate surface area is 125 Å². The van der Waals surface area contributed by atoms with Gasteiger partial charge in [-0.1, -0.05) is 18.7 Å². The normalized spacial score (nSPS) is 18.9. The van der Waals surface area contributed by atoms with Crippen LogP contribution in [-0.4, -0.2) is 17.9 Å². The molecular formula is C16H13F3O3. The van der Waals surface area contributed by atoms with Crippen molar-refractivity contribution in [1.82, 2.24) is 0 Å². The Kier molecular flexibility index (Phi) is 4.21. The molecular weight excluding hydrogens is 297 g/mol. The number of rotatable bonds is 4. The fraction of sp³-hybridized carbons (Fsp3) is 0.250. The Morgan fingerprint density at radius 2 is 1.86 bits per heavy atom. The summed E-state index contributed by atoms with van der Waals surface area (Å²) in [4.78, 5) is 22.8. The van der Waals surface area contributed by atoms with E-state index in [-0.39, 0.29) is 11.4 Å². The van der Waals surface area contributed by atoms with E-state index in [2.05, 4.69) is 6.58 Å². The number of alkyl halides is 3. The van der Waals surface area contributed by atoms with Gasteiger partial charge in [-0.05, 0) is 36.3 Å². The fourth-order valence-electron chi connectivity index (χ4n) is 2.25. The van der Waals surface area contributed by atoms with Crippen molar-refractivity contribution in [3.8, 4) is 0 Å². The quantitative estimate of drug-likeness (QED) is 0.632. The molecule has 0 aliphatic carbocycles. The first-order chi connectivity index (χ1) is 10.2. The second-order valence-corrected chi connectivity index (χ2v) is 4.94. The molecule has 1 aliphatic rings. The third kappa shape index (κ3) is 3.27. The Balaban J connectivity index is 2.37. The summed E-state index contributed by atoms with van der Waals surface area (Å²) in [5.41, 5.74) is -0.191. The van der Waals surface area contributed by atoms with Crippen molar-refractivity contribution in [3.63, 3.8) is 0 Å². The van der Waals surface area contributed by atoms with Gasteiger partial charge in [0.15, 0.2) is 5.78 Å². The van der Waals surface area contributed by atoms with Crippen LogP contribution in [0.15, 0.2) is 48.6 Å². The highest BCUT2D eigenvalue weighted by atomic mass is 19.4. The van der Waals surface area contributed by atoms with Crippen LogP contribution < -0.4 is 0 Å². The predicted molar refractivity (Wildman–Crippen MR) is 73.0 cm³/mol. The number of carbonyl (C=O) groups is 2. The molecule has 1 aromatic rings. The van der Waals surface area contributed by atoms with Crippen molar-refractivity contribution in [1.29, 1.82) is 0 Å². The Bertz CT molecular complexity index is 642. The molecule has 0 saturated carbocycles. The number of hydrogen-bond acceptors (Lipinski definition) is 3. The first-order valence-electron chi connectivity index (χ1n) is 6.46. The van der Waals surface area contributed by atoms with Gasteiger partial charge in [-0.15, -0.1) is 0 Å². The maximum absolute atomic E-state index is 12.6. The Morgan fingerprint density at radius 3 is 2.27 bits per heavy atom. The molecule has 116 valence electrons. The SMILES string of the molecule is C=C(C(C)=O)[C@@H](c1ccc(C(F)(F)F)cc1)[C@@H]1C=CC(=O)O1. The highest BCUT2D eigenvalue weighted by Gasteiger charge is 2.34. The summed E-state index contributed by atoms with van der Waals surface area (Å²) in [6, 6.07) is 4.38. The molecule has 3 nitrogen and oxygen atoms in total. The second kappa shape index (κ2) is 5.79. The summed E-state index contributed by atoms with van der Waals surface area (Å²) in [7, 11) is 0. The lowest BCUT2D eigenvalue weighted by atomic mass is 9.85. The monoisotopic (exact) mass is 310 g/mol. The summed E-state index contributed by atoms with van der Waals surface area (Å²) in [6.07, 6.45) is -2.50. The van der Waals surface area contributed by atoms with Crippen LogP contribution in [0.1, 0.15) is 24.0 Å². The van der Waals surface area contributed by atoms with Crippen LogP contribution in [0.3, 0.4) is 0 Å². The van der Waals surface area contributed by atoms with E-state index in [0.29, 0.717) is 5.56 Å². The molecule has 2 rings (SSSR count). The number of benzene rings is 1. The van der Waals surface area contributed by atoms with Crippen LogP contribution in [-0.2, 0) is 20.5 Å². The topological polar surface area (TPSA) is 43.4 Å². The lowest BCUT2D eigenvalue weighted by molar-refractivity contribution is -0.139. The summed E-state index contributed by atoms with van der Waals surface area (Å²) in [5, 5.41) is 0. The molecule has 0 fully saturated rings. The van der Waals surface area contributed by atoms with Gasteiger partial charge in [0.2, 0.25) is 0 Å². The van der Waals surface area contributed by atoms with Crippen molar-refractivity contribution < 1.29 is 27.5 Å². The van der Waals surface area contributed by atoms with Crippen LogP contribution >= 0.6 is 0 Å². The fourth-order valence-corrected chi connectivity index (χ4v) is 2.25. The average molecular weight is 310 g/mol. The zero-order valence-corrected chi connectivity index (χ0v) is 11.7. The number of cyclic esters (lactones) is 1. The smallest absolute Gasteiger partial charge is 0.416 e. The molecule has 1 aliphatic heterocycles. The molecule has 1 heterocycles. The van der Waals surface area contributed by atoms with Gasteiger partial charge in [-0.3, -0.25) is 4.79 Å². The summed E-state index contributed by atoms with van der Waals surface area (Å²) in [5.74, 6) is -1.58. The maximum Gasteiger partial charge on any atom is 0.416 e. The number of ether oxygens (including phenoxy) is 1. The van der Waals surface area contributed by atoms with E-state index in [9.17, 15) is 22.8 Å². The summed E-state index contributed by atoms with van der Waals surface area (Å²) < 4.78 is 42.9. The molecule has 0 spiro atoms. The molecule has 0 saturated heterocycles. The maximum atomic E-state index is 12.6. The predicted octanol–water partition coefficient (Wildman–Crippen LogP) is 3.42. The molecule has 0 unspecified atom stereocenters. The minimum absolute atomic E-state index is 0.170. The highest BCUT2D eigenvalue weighted by Crippen LogP contribution is 2.35. The number of hydrogen-bond donors (Lipinski definition) is 0. The van der Waals surface area contributed by atoms with Crippen molar-refractivity contribution in [2.45, 2.75) is 25.1 Å². The minimum Gasteiger partial charge on any atom is -0.454 e. The first kappa shape index (κ1) is 16.0. The van der Waals surface area contributed by atoms with Crippen molar-refractivity contribution in [3.05, 3.63) is 59.7 Å². The second-order valence-electron chi connectivity index (χ2n) is 4.94. The van der Waals surface area contributed by atoms with Gasteiger partial charge in [0.25, 0.3) is 0 Å². The van der Waals surface area contributed by atoms with Crippen LogP contribution in [0.2, 0.25) is 0 Å². The van der Waals surface area contributed by atoms with Gasteiger partial charge < -0.3 is 4.74 Å². The van der Waals surface area contributed by atoms with Crippen LogP contribution in [0.5, 0.6) is 0 Å². The highest BCUT2D eigenvalue weighted by molar-refractivity contribution is 5.95. The lowest BCUT2D eigenvalue weighted by Crippen LogP contribution is -2.23. The first-order valence-corrected chi connectivity index (χ1v) is 6.46. The van der Waals surface area contributed by atoms with Crippen LogP contribution in [0, 0.1) is 0 Å². The summed E-state index contributed by atoms with van der Waals surface area (Å²) in [6.45, 7) is 4.98. The van der Waals surface area contributed by atoms with Crippen molar-refractivity contribution >= 4 is 11.8 Å². The van der Waals surface area contributed by atoms with E-state index < -0.39 is 29.7 Å². The van der Waals surface area contributed by atoms with Crippen LogP contribution in [0.25, 0.3) is 0 Å². The molecule has 1 aromatic carbocycles. The van der Waals surface area contributed by atoms with Gasteiger partial charge in [0.05, 0.1) is 11.5 Å². The molecule has 6 heteroatoms. The zero-order valence-electron chi connectivity index (χ0n) is 11.7. The van der Waals surface area contributed by atoms with Gasteiger partial charge in [0.1, 0.15) is 6.10 Å². The lowest BCUT2D eigenvalue weighted by Gasteiger charge is -2.23. The molecule has 0 aromatic heterocycles. The molecule has 0 N–H and O–H groups in total. The van der Waals surface area contributed by atoms with Gasteiger partial charge in [-0.25, -0.2) is 4.79 Å². The van der Waals surface area contributed by atoms with E-state index in [1.165, 1.54) is 31.2 Å². The molecule has 22 heavy (non-hydrogen) atoms. The number of halogens is 3. The van der Waals surface area contributed by atoms with E-state index >= 15 is 0 Å². The van der Waals surface area contributed by atoms with E-state index in [4.69, 9.17) is 4.74 Å². The number of esters is 1. The molecule has 0 amide bonds. The third-order valence-electron chi connectivity index (χ3n) is 3.43. The largest absolute Gasteiger partial charge is 0.454 e. The van der Waals surface area contributed by atoms with Crippen molar-refractivity contribution in [2.75, 3.05) is 0 Å². The molecule has 0 bridgehead atoms. The molecule has 2 atom stereocenters. The van der Waals surface area contributed by atoms with E-state index in [1.807, 2.05) is 0 Å². The minimum atomic E-state index is -4.44. The van der Waals surface area contributed by atoms with E-state index in [0.717, 1.165) is 12.1 Å². The van der Waals surface area contributed by atoms with Gasteiger partial charge in [-0.2, -0.15) is 13.2 Å². The number of Topliss-reactive ketones (excluding diaryl/α,β-unsaturated/α-hetero) is 1. The van der Waals surface area contributed by atoms with Gasteiger partial charge in [0, 0.05) is 6.08 Å². The average Bonchev–Trinajstić information content (AvgIpc) is 2.85. The Hall–Kier alpha value is -2.37. The Morgan fingerprint density at radius 1 is 1.27 bits per heavy atom. The van der Waals surface area contributed by atoms with Gasteiger partial charge >= 0.3 is 12.1 Å². The zero-order chi connectivity index (χ0) is 16.5. The summed E-state index contributed by atoms with van der Waals surface area (Å²) >= 11 is 0. The molecule has 0 radical (unpaired) electrons. The number of carbonyl (C=O) groups excluding carboxylic acids is 2. The van der Waals surface area contributed by atoms with Crippen molar-refractivity contribution in [2.24, 2.45) is 0 Å². The number of ketones is 1.